The van der Waals surface area contributed by atoms with Crippen LogP contribution in [-0.2, 0) is 28.7 Å². The number of aliphatic hydroxyl groups is 3. The van der Waals surface area contributed by atoms with Gasteiger partial charge in [0.1, 0.15) is 24.4 Å². The maximum Gasteiger partial charge on any atom is 0.340 e. The molecule has 17 atom stereocenters. The molecule has 4 N–H and O–H groups in total. The lowest BCUT2D eigenvalue weighted by atomic mass is 9.49. The largest absolute Gasteiger partial charge is 0.459 e. The summed E-state index contributed by atoms with van der Waals surface area (Å²) >= 11 is 0. The highest BCUT2D eigenvalue weighted by Crippen LogP contribution is 2.75. The summed E-state index contributed by atoms with van der Waals surface area (Å²) < 4.78 is 19.1. The maximum atomic E-state index is 13.1. The summed E-state index contributed by atoms with van der Waals surface area (Å²) in [4.78, 5) is 33.5. The molecule has 17 unspecified atom stereocenters. The van der Waals surface area contributed by atoms with Crippen LogP contribution in [0.5, 0.6) is 0 Å². The van der Waals surface area contributed by atoms with Crippen LogP contribution < -0.4 is 0 Å². The Labute approximate surface area is 265 Å². The molecule has 1 spiro atoms. The highest BCUT2D eigenvalue weighted by molar-refractivity contribution is 5.79. The molecular weight excluding hydrogens is 582 g/mol. The van der Waals surface area contributed by atoms with Crippen molar-refractivity contribution in [2.24, 2.45) is 46.8 Å². The summed E-state index contributed by atoms with van der Waals surface area (Å²) in [7, 11) is 0. The number of rotatable bonds is 5. The van der Waals surface area contributed by atoms with Crippen LogP contribution >= 0.6 is 0 Å². The number of piperidine rings is 2. The average Bonchev–Trinajstić information content (AvgIpc) is 3.33. The van der Waals surface area contributed by atoms with Crippen molar-refractivity contribution in [1.82, 2.24) is 4.90 Å². The van der Waals surface area contributed by atoms with Gasteiger partial charge in [-0.15, -0.1) is 0 Å². The Hall–Kier alpha value is -1.34. The molecule has 7 fully saturated rings. The maximum absolute atomic E-state index is 13.1. The number of esters is 2. The standard InChI is InChI=1S/C34H53NO10/c1-16-7-10-24-33(6,40)22-9-8-19-20(21(22)15-35(24)14-16)13-34-25(19)29(45-41)28(42-18(3)37)26-27(44-34)23(11-12-31(26,34)4)43-30(38)32(5,39)17(2)36/h16-17,19-29,36,39-41H,7-15H2,1-6H3. The molecule has 0 aromatic heterocycles. The van der Waals surface area contributed by atoms with Crippen LogP contribution in [0.1, 0.15) is 86.5 Å². The van der Waals surface area contributed by atoms with Gasteiger partial charge in [0.2, 0.25) is 0 Å². The van der Waals surface area contributed by atoms with Crippen molar-refractivity contribution in [1.29, 1.82) is 0 Å². The second kappa shape index (κ2) is 10.6. The highest BCUT2D eigenvalue weighted by Gasteiger charge is 2.81. The topological polar surface area (TPSA) is 155 Å². The van der Waals surface area contributed by atoms with Gasteiger partial charge in [-0.3, -0.25) is 15.0 Å². The van der Waals surface area contributed by atoms with Crippen LogP contribution in [0.25, 0.3) is 0 Å². The first-order valence-electron chi connectivity index (χ1n) is 17.3. The quantitative estimate of drug-likeness (QED) is 0.200. The number of hydrogen-bond donors (Lipinski definition) is 4. The van der Waals surface area contributed by atoms with Crippen molar-refractivity contribution in [3.63, 3.8) is 0 Å². The Morgan fingerprint density at radius 1 is 1.00 bits per heavy atom. The Balaban J connectivity index is 1.27. The van der Waals surface area contributed by atoms with Crippen LogP contribution in [-0.4, -0.2) is 104 Å². The molecule has 7 rings (SSSR count). The molecule has 0 radical (unpaired) electrons. The predicted octanol–water partition coefficient (Wildman–Crippen LogP) is 2.53. The summed E-state index contributed by atoms with van der Waals surface area (Å²) in [5.41, 5.74) is -4.08. The molecule has 254 valence electrons. The van der Waals surface area contributed by atoms with Gasteiger partial charge >= 0.3 is 11.9 Å². The number of carbonyl (C=O) groups is 2. The molecule has 45 heavy (non-hydrogen) atoms. The molecule has 11 heteroatoms. The first-order valence-corrected chi connectivity index (χ1v) is 17.3. The number of hydrogen-bond acceptors (Lipinski definition) is 11. The summed E-state index contributed by atoms with van der Waals surface area (Å²) in [6.07, 6.45) is 1.37. The van der Waals surface area contributed by atoms with E-state index < -0.39 is 70.6 Å². The van der Waals surface area contributed by atoms with Crippen LogP contribution in [0.2, 0.25) is 0 Å². The summed E-state index contributed by atoms with van der Waals surface area (Å²) in [6, 6.07) is 0.161. The van der Waals surface area contributed by atoms with E-state index in [1.54, 1.807) is 0 Å². The number of ether oxygens (including phenoxy) is 3. The summed E-state index contributed by atoms with van der Waals surface area (Å²) in [5, 5.41) is 43.4. The van der Waals surface area contributed by atoms with Gasteiger partial charge < -0.3 is 29.5 Å². The molecule has 0 aromatic rings. The van der Waals surface area contributed by atoms with Crippen LogP contribution in [0.3, 0.4) is 0 Å². The van der Waals surface area contributed by atoms with Crippen molar-refractivity contribution < 1.29 is 49.3 Å². The number of fused-ring (bicyclic) bond motifs is 5. The van der Waals surface area contributed by atoms with Crippen molar-refractivity contribution in [3.05, 3.63) is 0 Å². The van der Waals surface area contributed by atoms with E-state index in [9.17, 15) is 30.2 Å². The van der Waals surface area contributed by atoms with E-state index >= 15 is 0 Å². The monoisotopic (exact) mass is 635 g/mol. The average molecular weight is 636 g/mol. The van der Waals surface area contributed by atoms with Crippen molar-refractivity contribution in [2.75, 3.05) is 13.1 Å². The smallest absolute Gasteiger partial charge is 0.340 e. The zero-order valence-corrected chi connectivity index (χ0v) is 27.6. The number of nitrogens with zero attached hydrogens (tertiary/aromatic N) is 1. The van der Waals surface area contributed by atoms with Gasteiger partial charge in [-0.05, 0) is 95.3 Å². The Morgan fingerprint density at radius 2 is 1.73 bits per heavy atom. The molecule has 11 nitrogen and oxygen atoms in total. The fraction of sp³-hybridized carbons (Fsp3) is 0.941. The summed E-state index contributed by atoms with van der Waals surface area (Å²) in [6.45, 7) is 12.4. The minimum Gasteiger partial charge on any atom is -0.459 e. The van der Waals surface area contributed by atoms with Gasteiger partial charge in [0.15, 0.2) is 5.60 Å². The molecule has 3 aliphatic heterocycles. The predicted molar refractivity (Wildman–Crippen MR) is 159 cm³/mol. The van der Waals surface area contributed by atoms with Crippen LogP contribution in [0, 0.1) is 46.8 Å². The lowest BCUT2D eigenvalue weighted by Gasteiger charge is -2.60. The van der Waals surface area contributed by atoms with E-state index in [0.717, 1.165) is 45.2 Å². The van der Waals surface area contributed by atoms with Gasteiger partial charge in [-0.1, -0.05) is 13.8 Å². The molecular formula is C34H53NO10. The number of aliphatic hydroxyl groups excluding tert-OH is 1. The second-order valence-corrected chi connectivity index (χ2v) is 16.6. The number of carbonyl (C=O) groups excluding carboxylic acids is 2. The molecule has 4 bridgehead atoms. The fourth-order valence-electron chi connectivity index (χ4n) is 12.2. The van der Waals surface area contributed by atoms with Crippen LogP contribution in [0.4, 0.5) is 0 Å². The third-order valence-electron chi connectivity index (χ3n) is 14.4. The third-order valence-corrected chi connectivity index (χ3v) is 14.4. The third kappa shape index (κ3) is 4.33. The van der Waals surface area contributed by atoms with Gasteiger partial charge in [-0.2, -0.15) is 0 Å². The molecule has 0 aromatic carbocycles. The molecule has 4 aliphatic carbocycles. The molecule has 3 heterocycles. The zero-order valence-electron chi connectivity index (χ0n) is 27.6. The normalized spacial score (nSPS) is 53.6. The first kappa shape index (κ1) is 32.2. The van der Waals surface area contributed by atoms with E-state index in [1.807, 2.05) is 6.92 Å². The first-order chi connectivity index (χ1) is 21.1. The van der Waals surface area contributed by atoms with Gasteiger partial charge in [0.05, 0.1) is 17.3 Å². The van der Waals surface area contributed by atoms with E-state index in [1.165, 1.54) is 20.8 Å². The van der Waals surface area contributed by atoms with Crippen molar-refractivity contribution >= 4 is 11.9 Å². The Bertz CT molecular complexity index is 1210. The minimum atomic E-state index is -2.10. The lowest BCUT2D eigenvalue weighted by Crippen LogP contribution is -2.67. The van der Waals surface area contributed by atoms with E-state index in [2.05, 4.69) is 18.7 Å². The Morgan fingerprint density at radius 3 is 2.40 bits per heavy atom. The molecule has 7 aliphatic rings. The fourth-order valence-corrected chi connectivity index (χ4v) is 12.2. The lowest BCUT2D eigenvalue weighted by molar-refractivity contribution is -0.341. The van der Waals surface area contributed by atoms with Gasteiger partial charge in [0.25, 0.3) is 0 Å². The molecule has 3 saturated heterocycles. The zero-order chi connectivity index (χ0) is 32.4. The molecule has 0 amide bonds. The van der Waals surface area contributed by atoms with Gasteiger partial charge in [-0.25, -0.2) is 9.68 Å². The van der Waals surface area contributed by atoms with Crippen molar-refractivity contribution in [3.8, 4) is 0 Å². The van der Waals surface area contributed by atoms with Gasteiger partial charge in [0, 0.05) is 43.3 Å². The van der Waals surface area contributed by atoms with E-state index in [0.29, 0.717) is 18.8 Å². The molecule has 4 saturated carbocycles. The van der Waals surface area contributed by atoms with Crippen molar-refractivity contribution in [2.45, 2.75) is 140 Å². The van der Waals surface area contributed by atoms with E-state index in [-0.39, 0.29) is 35.6 Å². The van der Waals surface area contributed by atoms with Crippen LogP contribution in [0.15, 0.2) is 0 Å². The highest BCUT2D eigenvalue weighted by atomic mass is 17.1. The summed E-state index contributed by atoms with van der Waals surface area (Å²) in [5.74, 6) is -0.775. The van der Waals surface area contributed by atoms with E-state index in [4.69, 9.17) is 19.1 Å². The SMILES string of the molecule is CC(=O)OC1C(OO)C2C3CCC4C(CN5CC(C)CCC5C4(C)O)C3CC23OC2C(OC(=O)C(C)(O)C(C)O)CCC3(C)C21. The minimum absolute atomic E-state index is 0.130. The Kier molecular flexibility index (Phi) is 7.57. The second-order valence-electron chi connectivity index (χ2n) is 16.6.